The predicted octanol–water partition coefficient (Wildman–Crippen LogP) is 1.08. The molecule has 6 nitrogen and oxygen atoms in total. The summed E-state index contributed by atoms with van der Waals surface area (Å²) in [4.78, 5) is 27.7. The molecule has 2 aromatic rings. The van der Waals surface area contributed by atoms with E-state index < -0.39 is 0 Å². The van der Waals surface area contributed by atoms with Gasteiger partial charge in [-0.15, -0.1) is 11.3 Å². The topological polar surface area (TPSA) is 97.1 Å². The van der Waals surface area contributed by atoms with E-state index in [1.807, 2.05) is 12.3 Å². The van der Waals surface area contributed by atoms with Crippen molar-refractivity contribution in [3.63, 3.8) is 0 Å². The van der Waals surface area contributed by atoms with Crippen molar-refractivity contribution in [2.24, 2.45) is 0 Å². The fraction of sp³-hybridized carbons (Fsp3) is 0.214. The number of nitrogens with one attached hydrogen (secondary N) is 2. The second-order valence-corrected chi connectivity index (χ2v) is 5.50. The van der Waals surface area contributed by atoms with Crippen molar-refractivity contribution in [3.8, 4) is 0 Å². The predicted molar refractivity (Wildman–Crippen MR) is 81.9 cm³/mol. The summed E-state index contributed by atoms with van der Waals surface area (Å²) in [6, 6.07) is 6.50. The van der Waals surface area contributed by atoms with Crippen LogP contribution in [-0.2, 0) is 11.3 Å². The Morgan fingerprint density at radius 3 is 2.57 bits per heavy atom. The molecule has 0 unspecified atom stereocenters. The van der Waals surface area contributed by atoms with Gasteiger partial charge in [-0.3, -0.25) is 9.59 Å². The first-order valence-corrected chi connectivity index (χ1v) is 7.24. The second-order valence-electron chi connectivity index (χ2n) is 4.44. The maximum absolute atomic E-state index is 11.8. The molecule has 1 aromatic carbocycles. The van der Waals surface area contributed by atoms with Crippen LogP contribution in [0.4, 0.5) is 5.69 Å². The third-order valence-corrected chi connectivity index (χ3v) is 3.54. The van der Waals surface area contributed by atoms with Crippen LogP contribution in [0.5, 0.6) is 0 Å². The van der Waals surface area contributed by atoms with Gasteiger partial charge in [0.1, 0.15) is 0 Å². The highest BCUT2D eigenvalue weighted by molar-refractivity contribution is 7.09. The van der Waals surface area contributed by atoms with Crippen molar-refractivity contribution in [2.45, 2.75) is 13.5 Å². The van der Waals surface area contributed by atoms with Gasteiger partial charge < -0.3 is 16.4 Å². The zero-order valence-corrected chi connectivity index (χ0v) is 12.4. The van der Waals surface area contributed by atoms with Gasteiger partial charge in [-0.2, -0.15) is 0 Å². The second kappa shape index (κ2) is 6.85. The summed E-state index contributed by atoms with van der Waals surface area (Å²) in [5.41, 5.74) is 7.41. The van der Waals surface area contributed by atoms with Crippen molar-refractivity contribution in [2.75, 3.05) is 12.3 Å². The monoisotopic (exact) mass is 304 g/mol. The highest BCUT2D eigenvalue weighted by Gasteiger charge is 2.08. The lowest BCUT2D eigenvalue weighted by Crippen LogP contribution is -2.36. The van der Waals surface area contributed by atoms with Gasteiger partial charge >= 0.3 is 0 Å². The van der Waals surface area contributed by atoms with E-state index in [0.29, 0.717) is 17.8 Å². The Hall–Kier alpha value is -2.41. The van der Waals surface area contributed by atoms with E-state index in [1.54, 1.807) is 24.3 Å². The van der Waals surface area contributed by atoms with Crippen LogP contribution in [0, 0.1) is 6.92 Å². The van der Waals surface area contributed by atoms with Crippen LogP contribution in [-0.4, -0.2) is 23.3 Å². The van der Waals surface area contributed by atoms with Crippen LogP contribution in [0.1, 0.15) is 21.1 Å². The van der Waals surface area contributed by atoms with E-state index in [1.165, 1.54) is 11.3 Å². The Balaban J connectivity index is 1.75. The van der Waals surface area contributed by atoms with Gasteiger partial charge in [0, 0.05) is 16.6 Å². The van der Waals surface area contributed by atoms with Crippen LogP contribution >= 0.6 is 11.3 Å². The molecule has 0 aliphatic heterocycles. The van der Waals surface area contributed by atoms with Crippen LogP contribution in [0.3, 0.4) is 0 Å². The first-order chi connectivity index (χ1) is 10.0. The average Bonchev–Trinajstić information content (AvgIpc) is 2.89. The van der Waals surface area contributed by atoms with Gasteiger partial charge in [-0.1, -0.05) is 0 Å². The quantitative estimate of drug-likeness (QED) is 0.720. The van der Waals surface area contributed by atoms with Crippen molar-refractivity contribution in [1.29, 1.82) is 0 Å². The van der Waals surface area contributed by atoms with Crippen LogP contribution in [0.25, 0.3) is 0 Å². The number of carbonyl (C=O) groups excluding carboxylic acids is 2. The van der Waals surface area contributed by atoms with Crippen molar-refractivity contribution >= 4 is 28.8 Å². The molecule has 0 spiro atoms. The molecule has 0 aliphatic rings. The van der Waals surface area contributed by atoms with Crippen molar-refractivity contribution < 1.29 is 9.59 Å². The summed E-state index contributed by atoms with van der Waals surface area (Å²) < 4.78 is 0. The summed E-state index contributed by atoms with van der Waals surface area (Å²) in [5, 5.41) is 8.09. The highest BCUT2D eigenvalue weighted by atomic mass is 32.1. The molecule has 110 valence electrons. The molecule has 0 radical (unpaired) electrons. The highest BCUT2D eigenvalue weighted by Crippen LogP contribution is 2.07. The Morgan fingerprint density at radius 2 is 1.95 bits per heavy atom. The maximum atomic E-state index is 11.8. The molecule has 1 aromatic heterocycles. The van der Waals surface area contributed by atoms with Gasteiger partial charge in [-0.25, -0.2) is 4.98 Å². The molecule has 2 rings (SSSR count). The number of nitrogen functional groups attached to an aromatic ring is 1. The third-order valence-electron chi connectivity index (χ3n) is 2.72. The molecule has 0 bridgehead atoms. The van der Waals surface area contributed by atoms with Crippen molar-refractivity contribution in [3.05, 3.63) is 45.9 Å². The van der Waals surface area contributed by atoms with Gasteiger partial charge in [0.05, 0.1) is 23.8 Å². The molecule has 4 N–H and O–H groups in total. The lowest BCUT2D eigenvalue weighted by Gasteiger charge is -2.06. The van der Waals surface area contributed by atoms with E-state index in [9.17, 15) is 9.59 Å². The molecular formula is C14H16N4O2S. The van der Waals surface area contributed by atoms with E-state index >= 15 is 0 Å². The number of hydrogen-bond acceptors (Lipinski definition) is 5. The number of thiazole rings is 1. The fourth-order valence-electron chi connectivity index (χ4n) is 1.64. The average molecular weight is 304 g/mol. The van der Waals surface area contributed by atoms with Gasteiger partial charge in [0.15, 0.2) is 0 Å². The summed E-state index contributed by atoms with van der Waals surface area (Å²) >= 11 is 1.53. The first-order valence-electron chi connectivity index (χ1n) is 6.36. The smallest absolute Gasteiger partial charge is 0.251 e. The standard InChI is InChI=1S/C14H16N4O2S/c1-9-18-12(8-21-9)6-16-13(19)7-17-14(20)10-2-4-11(15)5-3-10/h2-5,8H,6-7,15H2,1H3,(H,16,19)(H,17,20). The minimum atomic E-state index is -0.311. The van der Waals surface area contributed by atoms with Gasteiger partial charge in [0.25, 0.3) is 5.91 Å². The number of nitrogens with two attached hydrogens (primary N) is 1. The van der Waals surface area contributed by atoms with Crippen molar-refractivity contribution in [1.82, 2.24) is 15.6 Å². The molecular weight excluding hydrogens is 288 g/mol. The number of aryl methyl sites for hydroxylation is 1. The largest absolute Gasteiger partial charge is 0.399 e. The number of benzene rings is 1. The number of amides is 2. The van der Waals surface area contributed by atoms with Crippen LogP contribution < -0.4 is 16.4 Å². The molecule has 0 saturated heterocycles. The third kappa shape index (κ3) is 4.57. The molecule has 0 atom stereocenters. The minimum absolute atomic E-state index is 0.0771. The SMILES string of the molecule is Cc1nc(CNC(=O)CNC(=O)c2ccc(N)cc2)cs1. The molecule has 1 heterocycles. The zero-order valence-electron chi connectivity index (χ0n) is 11.6. The Bertz CT molecular complexity index is 637. The van der Waals surface area contributed by atoms with Crippen LogP contribution in [0.15, 0.2) is 29.6 Å². The summed E-state index contributed by atoms with van der Waals surface area (Å²) in [7, 11) is 0. The Morgan fingerprint density at radius 1 is 1.24 bits per heavy atom. The molecule has 2 amide bonds. The number of aromatic nitrogens is 1. The lowest BCUT2D eigenvalue weighted by atomic mass is 10.2. The van der Waals surface area contributed by atoms with E-state index in [0.717, 1.165) is 10.7 Å². The normalized spacial score (nSPS) is 10.1. The number of rotatable bonds is 5. The summed E-state index contributed by atoms with van der Waals surface area (Å²) in [6.07, 6.45) is 0. The Labute approximate surface area is 126 Å². The fourth-order valence-corrected chi connectivity index (χ4v) is 2.25. The maximum Gasteiger partial charge on any atom is 0.251 e. The number of anilines is 1. The zero-order chi connectivity index (χ0) is 15.2. The number of nitrogens with zero attached hydrogens (tertiary/aromatic N) is 1. The molecule has 0 aliphatic carbocycles. The van der Waals surface area contributed by atoms with E-state index in [2.05, 4.69) is 15.6 Å². The molecule has 7 heteroatoms. The van der Waals surface area contributed by atoms with Gasteiger partial charge in [0.2, 0.25) is 5.91 Å². The molecule has 21 heavy (non-hydrogen) atoms. The Kier molecular flexibility index (Phi) is 4.89. The molecule has 0 saturated carbocycles. The number of carbonyl (C=O) groups is 2. The van der Waals surface area contributed by atoms with E-state index in [4.69, 9.17) is 5.73 Å². The lowest BCUT2D eigenvalue weighted by molar-refractivity contribution is -0.120. The first kappa shape index (κ1) is 15.0. The van der Waals surface area contributed by atoms with Crippen LogP contribution in [0.2, 0.25) is 0 Å². The number of hydrogen-bond donors (Lipinski definition) is 3. The van der Waals surface area contributed by atoms with Gasteiger partial charge in [-0.05, 0) is 31.2 Å². The molecule has 0 fully saturated rings. The summed E-state index contributed by atoms with van der Waals surface area (Å²) in [5.74, 6) is -0.570. The minimum Gasteiger partial charge on any atom is -0.399 e. The summed E-state index contributed by atoms with van der Waals surface area (Å²) in [6.45, 7) is 2.19. The van der Waals surface area contributed by atoms with E-state index in [-0.39, 0.29) is 18.4 Å².